The number of carbonyl (C=O) groups excluding carboxylic acids is 1. The van der Waals surface area contributed by atoms with Crippen LogP contribution >= 0.6 is 0 Å². The average Bonchev–Trinajstić information content (AvgIpc) is 2.18. The van der Waals surface area contributed by atoms with E-state index in [0.29, 0.717) is 6.04 Å². The highest BCUT2D eigenvalue weighted by Gasteiger charge is 2.20. The molecule has 0 atom stereocenters. The molecule has 0 aromatic carbocycles. The van der Waals surface area contributed by atoms with Gasteiger partial charge in [-0.3, -0.25) is 4.90 Å². The van der Waals surface area contributed by atoms with E-state index >= 15 is 0 Å². The van der Waals surface area contributed by atoms with Crippen LogP contribution in [0.2, 0.25) is 0 Å². The van der Waals surface area contributed by atoms with Crippen LogP contribution in [0, 0.1) is 0 Å². The molecule has 1 fully saturated rings. The van der Waals surface area contributed by atoms with Crippen molar-refractivity contribution in [1.82, 2.24) is 15.5 Å². The van der Waals surface area contributed by atoms with Crippen molar-refractivity contribution in [1.29, 1.82) is 0 Å². The van der Waals surface area contributed by atoms with Crippen LogP contribution in [0.4, 0.5) is 4.79 Å². The Kier molecular flexibility index (Phi) is 5.48. The Morgan fingerprint density at radius 3 is 2.47 bits per heavy atom. The van der Waals surface area contributed by atoms with Gasteiger partial charge in [-0.15, -0.1) is 0 Å². The first kappa shape index (κ1) is 14.0. The van der Waals surface area contributed by atoms with Gasteiger partial charge in [0, 0.05) is 31.7 Å². The number of carbonyl (C=O) groups is 1. The van der Waals surface area contributed by atoms with Crippen LogP contribution in [-0.2, 0) is 0 Å². The number of nitrogens with one attached hydrogen (secondary N) is 2. The topological polar surface area (TPSA) is 44.4 Å². The van der Waals surface area contributed by atoms with Crippen LogP contribution in [0.5, 0.6) is 0 Å². The van der Waals surface area contributed by atoms with Crippen molar-refractivity contribution in [3.05, 3.63) is 12.2 Å². The van der Waals surface area contributed by atoms with Gasteiger partial charge in [-0.05, 0) is 33.6 Å². The van der Waals surface area contributed by atoms with Crippen LogP contribution < -0.4 is 10.6 Å². The summed E-state index contributed by atoms with van der Waals surface area (Å²) < 4.78 is 0. The molecule has 0 bridgehead atoms. The fourth-order valence-corrected chi connectivity index (χ4v) is 2.11. The molecule has 4 heteroatoms. The summed E-state index contributed by atoms with van der Waals surface area (Å²) in [7, 11) is 0. The molecule has 2 N–H and O–H groups in total. The van der Waals surface area contributed by atoms with E-state index in [-0.39, 0.29) is 12.1 Å². The van der Waals surface area contributed by atoms with E-state index in [4.69, 9.17) is 0 Å². The normalized spacial score (nSPS) is 18.1. The molecule has 1 aliphatic rings. The summed E-state index contributed by atoms with van der Waals surface area (Å²) in [5.74, 6) is 0. The first-order valence-electron chi connectivity index (χ1n) is 6.41. The molecule has 0 radical (unpaired) electrons. The zero-order chi connectivity index (χ0) is 12.8. The zero-order valence-electron chi connectivity index (χ0n) is 11.3. The van der Waals surface area contributed by atoms with Gasteiger partial charge < -0.3 is 10.6 Å². The van der Waals surface area contributed by atoms with Gasteiger partial charge in [0.2, 0.25) is 0 Å². The van der Waals surface area contributed by atoms with Gasteiger partial charge in [0.05, 0.1) is 0 Å². The molecule has 0 aromatic rings. The van der Waals surface area contributed by atoms with Crippen molar-refractivity contribution < 1.29 is 4.79 Å². The summed E-state index contributed by atoms with van der Waals surface area (Å²) in [4.78, 5) is 13.9. The lowest BCUT2D eigenvalue weighted by Gasteiger charge is -2.32. The third-order valence-electron chi connectivity index (χ3n) is 2.84. The Morgan fingerprint density at radius 2 is 2.00 bits per heavy atom. The highest BCUT2D eigenvalue weighted by Crippen LogP contribution is 2.11. The van der Waals surface area contributed by atoms with Gasteiger partial charge in [0.15, 0.2) is 0 Å². The number of piperidine rings is 1. The van der Waals surface area contributed by atoms with Crippen molar-refractivity contribution in [2.45, 2.75) is 45.7 Å². The van der Waals surface area contributed by atoms with Gasteiger partial charge >= 0.3 is 6.03 Å². The van der Waals surface area contributed by atoms with Crippen molar-refractivity contribution in [2.24, 2.45) is 0 Å². The second-order valence-electron chi connectivity index (χ2n) is 5.28. The monoisotopic (exact) mass is 239 g/mol. The average molecular weight is 239 g/mol. The summed E-state index contributed by atoms with van der Waals surface area (Å²) in [5.41, 5.74) is 1.20. The summed E-state index contributed by atoms with van der Waals surface area (Å²) in [6.07, 6.45) is 2.05. The van der Waals surface area contributed by atoms with Gasteiger partial charge in [-0.2, -0.15) is 0 Å². The number of urea groups is 1. The number of nitrogens with zero attached hydrogens (tertiary/aromatic N) is 1. The van der Waals surface area contributed by atoms with Gasteiger partial charge in [0.1, 0.15) is 0 Å². The van der Waals surface area contributed by atoms with Gasteiger partial charge in [0.25, 0.3) is 0 Å². The summed E-state index contributed by atoms with van der Waals surface area (Å²) in [6, 6.07) is 0.465. The van der Waals surface area contributed by atoms with E-state index < -0.39 is 0 Å². The van der Waals surface area contributed by atoms with Crippen molar-refractivity contribution in [3.63, 3.8) is 0 Å². The smallest absolute Gasteiger partial charge is 0.315 e. The first-order chi connectivity index (χ1) is 7.97. The summed E-state index contributed by atoms with van der Waals surface area (Å²) in [6.45, 7) is 13.0. The van der Waals surface area contributed by atoms with Crippen molar-refractivity contribution in [2.75, 3.05) is 19.6 Å². The molecule has 1 heterocycles. The molecular formula is C13H25N3O. The number of hydrogen-bond donors (Lipinski definition) is 2. The highest BCUT2D eigenvalue weighted by molar-refractivity contribution is 5.74. The molecule has 1 saturated heterocycles. The second-order valence-corrected chi connectivity index (χ2v) is 5.28. The lowest BCUT2D eigenvalue weighted by atomic mass is 10.0. The molecule has 1 aliphatic heterocycles. The summed E-state index contributed by atoms with van der Waals surface area (Å²) >= 11 is 0. The molecule has 2 amide bonds. The number of amides is 2. The fourth-order valence-electron chi connectivity index (χ4n) is 2.11. The van der Waals surface area contributed by atoms with Crippen LogP contribution in [0.15, 0.2) is 12.2 Å². The minimum absolute atomic E-state index is 0.0432. The minimum atomic E-state index is -0.0432. The van der Waals surface area contributed by atoms with Crippen molar-refractivity contribution >= 4 is 6.03 Å². The third kappa shape index (κ3) is 5.73. The Hall–Kier alpha value is -1.03. The maximum atomic E-state index is 11.5. The van der Waals surface area contributed by atoms with E-state index in [9.17, 15) is 4.79 Å². The standard InChI is InChI=1S/C13H25N3O/c1-10(2)9-16-7-5-12(6-8-16)15-13(17)14-11(3)4/h11-12H,1,5-9H2,2-4H3,(H2,14,15,17). The minimum Gasteiger partial charge on any atom is -0.336 e. The van der Waals surface area contributed by atoms with Crippen LogP contribution in [0.3, 0.4) is 0 Å². The fraction of sp³-hybridized carbons (Fsp3) is 0.769. The zero-order valence-corrected chi connectivity index (χ0v) is 11.3. The van der Waals surface area contributed by atoms with Gasteiger partial charge in [-0.25, -0.2) is 4.79 Å². The molecule has 0 spiro atoms. The largest absolute Gasteiger partial charge is 0.336 e. The Balaban J connectivity index is 2.23. The number of likely N-dealkylation sites (tertiary alicyclic amines) is 1. The maximum Gasteiger partial charge on any atom is 0.315 e. The second kappa shape index (κ2) is 6.64. The van der Waals surface area contributed by atoms with E-state index in [0.717, 1.165) is 32.5 Å². The molecule has 0 saturated carbocycles. The highest BCUT2D eigenvalue weighted by atomic mass is 16.2. The Bertz CT molecular complexity index is 268. The van der Waals surface area contributed by atoms with E-state index in [1.54, 1.807) is 0 Å². The molecule has 4 nitrogen and oxygen atoms in total. The molecular weight excluding hydrogens is 214 g/mol. The van der Waals surface area contributed by atoms with Crippen LogP contribution in [-0.4, -0.2) is 42.6 Å². The molecule has 98 valence electrons. The number of hydrogen-bond acceptors (Lipinski definition) is 2. The van der Waals surface area contributed by atoms with Crippen LogP contribution in [0.1, 0.15) is 33.6 Å². The quantitative estimate of drug-likeness (QED) is 0.734. The SMILES string of the molecule is C=C(C)CN1CCC(NC(=O)NC(C)C)CC1. The molecule has 0 aromatic heterocycles. The summed E-state index contributed by atoms with van der Waals surface area (Å²) in [5, 5.41) is 5.88. The van der Waals surface area contributed by atoms with Crippen LogP contribution in [0.25, 0.3) is 0 Å². The van der Waals surface area contributed by atoms with E-state index in [1.807, 2.05) is 13.8 Å². The predicted molar refractivity (Wildman–Crippen MR) is 71.1 cm³/mol. The Labute approximate surface area is 104 Å². The molecule has 0 unspecified atom stereocenters. The lowest BCUT2D eigenvalue weighted by molar-refractivity contribution is 0.201. The Morgan fingerprint density at radius 1 is 1.41 bits per heavy atom. The van der Waals surface area contributed by atoms with E-state index in [2.05, 4.69) is 29.0 Å². The van der Waals surface area contributed by atoms with E-state index in [1.165, 1.54) is 5.57 Å². The molecule has 1 rings (SSSR count). The van der Waals surface area contributed by atoms with Crippen molar-refractivity contribution in [3.8, 4) is 0 Å². The maximum absolute atomic E-state index is 11.5. The molecule has 17 heavy (non-hydrogen) atoms. The third-order valence-corrected chi connectivity index (χ3v) is 2.84. The predicted octanol–water partition coefficient (Wildman–Crippen LogP) is 1.73. The lowest BCUT2D eigenvalue weighted by Crippen LogP contribution is -2.49. The van der Waals surface area contributed by atoms with Gasteiger partial charge in [-0.1, -0.05) is 12.2 Å². The molecule has 0 aliphatic carbocycles. The number of rotatable bonds is 4. The first-order valence-corrected chi connectivity index (χ1v) is 6.41.